The van der Waals surface area contributed by atoms with Gasteiger partial charge in [-0.05, 0) is 12.8 Å². The first-order chi connectivity index (χ1) is 15.4. The van der Waals surface area contributed by atoms with E-state index in [2.05, 4.69) is 10.6 Å². The van der Waals surface area contributed by atoms with Crippen molar-refractivity contribution in [2.24, 2.45) is 11.5 Å². The Morgan fingerprint density at radius 1 is 1.18 bits per heavy atom. The Hall–Kier alpha value is -1.11. The normalized spacial score (nSPS) is 38.7. The molecule has 2 rings (SSSR count). The summed E-state index contributed by atoms with van der Waals surface area (Å²) in [6.45, 7) is -1.18. The lowest BCUT2D eigenvalue weighted by Gasteiger charge is -2.44. The van der Waals surface area contributed by atoms with Gasteiger partial charge in [-0.1, -0.05) is 0 Å². The fraction of sp³-hybridized carbons (Fsp3) is 0.944. The van der Waals surface area contributed by atoms with E-state index < -0.39 is 79.5 Å². The maximum Gasteiger partial charge on any atom is 0.294 e. The molecule has 2 aliphatic rings. The smallest absolute Gasteiger partial charge is 0.294 e. The maximum absolute atomic E-state index is 13.4. The van der Waals surface area contributed by atoms with Crippen LogP contribution in [0.25, 0.3) is 0 Å². The van der Waals surface area contributed by atoms with Crippen LogP contribution in [0.3, 0.4) is 0 Å². The molecule has 1 saturated carbocycles. The molecule has 33 heavy (non-hydrogen) atoms. The van der Waals surface area contributed by atoms with Crippen LogP contribution >= 0.6 is 0 Å². The van der Waals surface area contributed by atoms with Gasteiger partial charge in [0.15, 0.2) is 12.4 Å². The van der Waals surface area contributed by atoms with Crippen molar-refractivity contribution in [2.75, 3.05) is 26.2 Å². The second-order valence-corrected chi connectivity index (χ2v) is 8.32. The molecule has 0 spiro atoms. The van der Waals surface area contributed by atoms with Gasteiger partial charge in [0.2, 0.25) is 0 Å². The molecule has 0 bridgehead atoms. The van der Waals surface area contributed by atoms with Gasteiger partial charge in [-0.2, -0.15) is 0 Å². The Kier molecular flexibility index (Phi) is 10.3. The molecule has 1 heterocycles. The average molecular weight is 488 g/mol. The predicted molar refractivity (Wildman–Crippen MR) is 107 cm³/mol. The highest BCUT2D eigenvalue weighted by Gasteiger charge is 2.48. The summed E-state index contributed by atoms with van der Waals surface area (Å²) in [7, 11) is 0. The Morgan fingerprint density at radius 2 is 1.85 bits per heavy atom. The van der Waals surface area contributed by atoms with Crippen molar-refractivity contribution in [1.29, 1.82) is 0 Å². The Labute approximate surface area is 188 Å². The van der Waals surface area contributed by atoms with Gasteiger partial charge in [-0.3, -0.25) is 4.79 Å². The van der Waals surface area contributed by atoms with Crippen LogP contribution in [-0.4, -0.2) is 130 Å². The lowest BCUT2D eigenvalue weighted by molar-refractivity contribution is -0.315. The summed E-state index contributed by atoms with van der Waals surface area (Å²) in [5, 5.41) is 64.2. The van der Waals surface area contributed by atoms with Crippen LogP contribution in [0.4, 0.5) is 8.78 Å². The Bertz CT molecular complexity index is 626. The monoisotopic (exact) mass is 488 g/mol. The number of hydrogen-bond donors (Lipinski definition) is 10. The van der Waals surface area contributed by atoms with Gasteiger partial charge in [0.05, 0.1) is 19.3 Å². The first kappa shape index (κ1) is 28.1. The highest BCUT2D eigenvalue weighted by Crippen LogP contribution is 2.28. The maximum atomic E-state index is 13.4. The third kappa shape index (κ3) is 6.95. The molecule has 1 aliphatic heterocycles. The third-order valence-electron chi connectivity index (χ3n) is 5.74. The number of carbonyl (C=O) groups excluding carboxylic acids is 1. The number of aliphatic hydroxyl groups excluding tert-OH is 6. The van der Waals surface area contributed by atoms with Crippen molar-refractivity contribution >= 4 is 5.91 Å². The summed E-state index contributed by atoms with van der Waals surface area (Å²) >= 11 is 0. The predicted octanol–water partition coefficient (Wildman–Crippen LogP) is -5.32. The van der Waals surface area contributed by atoms with Crippen LogP contribution in [-0.2, 0) is 14.3 Å². The minimum atomic E-state index is -3.83. The van der Waals surface area contributed by atoms with Gasteiger partial charge in [-0.25, -0.2) is 8.78 Å². The molecule has 0 radical (unpaired) electrons. The molecule has 0 aromatic rings. The zero-order valence-corrected chi connectivity index (χ0v) is 17.8. The molecule has 12 N–H and O–H groups in total. The van der Waals surface area contributed by atoms with E-state index in [1.54, 1.807) is 0 Å². The minimum absolute atomic E-state index is 0.0223. The van der Waals surface area contributed by atoms with Crippen LogP contribution in [0.2, 0.25) is 0 Å². The topological polar surface area (TPSA) is 233 Å². The van der Waals surface area contributed by atoms with Gasteiger partial charge < -0.3 is 62.2 Å². The van der Waals surface area contributed by atoms with Gasteiger partial charge in [0.1, 0.15) is 30.5 Å². The minimum Gasteiger partial charge on any atom is -0.395 e. The molecule has 194 valence electrons. The molecule has 13 nitrogen and oxygen atoms in total. The van der Waals surface area contributed by atoms with Crippen molar-refractivity contribution < 1.29 is 53.7 Å². The molecular formula is C18H34F2N4O9. The summed E-state index contributed by atoms with van der Waals surface area (Å²) in [5.41, 5.74) is 10.9. The number of nitrogens with one attached hydrogen (secondary N) is 2. The third-order valence-corrected chi connectivity index (χ3v) is 5.74. The van der Waals surface area contributed by atoms with Crippen LogP contribution in [0.1, 0.15) is 12.8 Å². The van der Waals surface area contributed by atoms with Crippen molar-refractivity contribution in [1.82, 2.24) is 10.6 Å². The number of ether oxygens (including phenoxy) is 2. The highest BCUT2D eigenvalue weighted by molar-refractivity contribution is 5.81. The number of alkyl halides is 2. The van der Waals surface area contributed by atoms with E-state index in [9.17, 15) is 39.1 Å². The molecule has 2 unspecified atom stereocenters. The van der Waals surface area contributed by atoms with Gasteiger partial charge in [0.25, 0.3) is 11.8 Å². The van der Waals surface area contributed by atoms with Crippen molar-refractivity contribution in [3.63, 3.8) is 0 Å². The molecule has 1 aliphatic carbocycles. The highest BCUT2D eigenvalue weighted by atomic mass is 19.3. The van der Waals surface area contributed by atoms with E-state index in [1.807, 2.05) is 0 Å². The summed E-state index contributed by atoms with van der Waals surface area (Å²) in [6, 6.07) is -1.80. The number of aliphatic hydroxyl groups is 6. The molecule has 0 aromatic heterocycles. The number of halogens is 2. The fourth-order valence-corrected chi connectivity index (χ4v) is 3.84. The average Bonchev–Trinajstić information content (AvgIpc) is 2.76. The number of rotatable bonds is 10. The summed E-state index contributed by atoms with van der Waals surface area (Å²) < 4.78 is 38.0. The van der Waals surface area contributed by atoms with Crippen LogP contribution < -0.4 is 22.1 Å². The number of nitrogens with two attached hydrogens (primary N) is 2. The molecular weight excluding hydrogens is 454 g/mol. The van der Waals surface area contributed by atoms with E-state index in [4.69, 9.17) is 26.0 Å². The van der Waals surface area contributed by atoms with Crippen LogP contribution in [0.5, 0.6) is 0 Å². The largest absolute Gasteiger partial charge is 0.395 e. The van der Waals surface area contributed by atoms with E-state index in [0.717, 1.165) is 0 Å². The lowest BCUT2D eigenvalue weighted by atomic mass is 9.86. The first-order valence-corrected chi connectivity index (χ1v) is 10.6. The Balaban J connectivity index is 1.97. The van der Waals surface area contributed by atoms with Crippen molar-refractivity contribution in [3.05, 3.63) is 0 Å². The number of hydrogen-bond acceptors (Lipinski definition) is 12. The molecule has 2 fully saturated rings. The SMILES string of the molecule is NCC(F)(F)C(O)C(=O)N[C@H]1C[C@@H](O)C(O[C@H]2O[C@H](CNCCO)[C@@H](O)[C@H](O)[C@H]2O)[C@@H](N)C1. The quantitative estimate of drug-likeness (QED) is 0.130. The zero-order chi connectivity index (χ0) is 24.9. The molecule has 1 amide bonds. The number of amides is 1. The lowest BCUT2D eigenvalue weighted by Crippen LogP contribution is -2.64. The van der Waals surface area contributed by atoms with Crippen LogP contribution in [0, 0.1) is 0 Å². The van der Waals surface area contributed by atoms with Gasteiger partial charge in [0, 0.05) is 25.2 Å². The van der Waals surface area contributed by atoms with Gasteiger partial charge in [-0.15, -0.1) is 0 Å². The molecule has 1 saturated heterocycles. The fourth-order valence-electron chi connectivity index (χ4n) is 3.84. The summed E-state index contributed by atoms with van der Waals surface area (Å²) in [6.07, 6.45) is -12.5. The van der Waals surface area contributed by atoms with Crippen molar-refractivity contribution in [2.45, 2.75) is 79.9 Å². The summed E-state index contributed by atoms with van der Waals surface area (Å²) in [5.74, 6) is -5.19. The van der Waals surface area contributed by atoms with E-state index in [1.165, 1.54) is 0 Å². The van der Waals surface area contributed by atoms with Crippen molar-refractivity contribution in [3.8, 4) is 0 Å². The Morgan fingerprint density at radius 3 is 2.42 bits per heavy atom. The zero-order valence-electron chi connectivity index (χ0n) is 17.8. The molecule has 0 aromatic carbocycles. The second-order valence-electron chi connectivity index (χ2n) is 8.32. The first-order valence-electron chi connectivity index (χ1n) is 10.6. The summed E-state index contributed by atoms with van der Waals surface area (Å²) in [4.78, 5) is 11.9. The van der Waals surface area contributed by atoms with E-state index in [0.29, 0.717) is 0 Å². The molecule has 15 heteroatoms. The van der Waals surface area contributed by atoms with Crippen LogP contribution in [0.15, 0.2) is 0 Å². The molecule has 10 atom stereocenters. The standard InChI is InChI=1S/C18H34F2N4O9/c19-18(20,6-21)15(30)16(31)24-7-3-8(22)14(9(26)4-7)33-17-13(29)12(28)11(27)10(32-17)5-23-1-2-25/h7-15,17,23,25-30H,1-6,21-22H2,(H,24,31)/t7-,8+,9-,10-,11-,12+,13-,14?,15?,17-/m1/s1. The van der Waals surface area contributed by atoms with Gasteiger partial charge >= 0.3 is 0 Å². The van der Waals surface area contributed by atoms with E-state index in [-0.39, 0.29) is 32.5 Å². The van der Waals surface area contributed by atoms with E-state index >= 15 is 0 Å². The number of carbonyl (C=O) groups is 1. The second kappa shape index (κ2) is 12.0.